The fourth-order valence-corrected chi connectivity index (χ4v) is 3.43. The Bertz CT molecular complexity index is 353. The Morgan fingerprint density at radius 1 is 0.789 bits per heavy atom. The predicted molar refractivity (Wildman–Crippen MR) is 87.1 cm³/mol. The summed E-state index contributed by atoms with van der Waals surface area (Å²) in [6.07, 6.45) is 9.54. The number of aryl methyl sites for hydroxylation is 3. The Labute approximate surface area is 120 Å². The van der Waals surface area contributed by atoms with Crippen molar-refractivity contribution in [2.45, 2.75) is 85.5 Å². The van der Waals surface area contributed by atoms with E-state index in [-0.39, 0.29) is 0 Å². The Balaban J connectivity index is 2.80. The van der Waals surface area contributed by atoms with E-state index < -0.39 is 0 Å². The molecule has 1 atom stereocenters. The molecule has 0 heteroatoms. The molecule has 0 saturated heterocycles. The molecule has 0 aliphatic rings. The van der Waals surface area contributed by atoms with E-state index >= 15 is 0 Å². The van der Waals surface area contributed by atoms with Gasteiger partial charge in [0, 0.05) is 0 Å². The molecule has 0 saturated carbocycles. The summed E-state index contributed by atoms with van der Waals surface area (Å²) < 4.78 is 0. The molecule has 0 N–H and O–H groups in total. The van der Waals surface area contributed by atoms with Crippen LogP contribution in [-0.2, 0) is 0 Å². The molecule has 0 spiro atoms. The second kappa shape index (κ2) is 8.40. The van der Waals surface area contributed by atoms with Crippen molar-refractivity contribution in [2.75, 3.05) is 0 Å². The van der Waals surface area contributed by atoms with Gasteiger partial charge in [0.25, 0.3) is 0 Å². The predicted octanol–water partition coefficient (Wildman–Crippen LogP) is 6.47. The molecule has 0 amide bonds. The Morgan fingerprint density at radius 2 is 1.42 bits per heavy atom. The van der Waals surface area contributed by atoms with Gasteiger partial charge in [0.15, 0.2) is 0 Å². The third kappa shape index (κ3) is 5.01. The minimum Gasteiger partial charge on any atom is -0.0654 e. The standard InChI is InChI=1S/C19H32/c1-6-8-9-10-12-18(11-7-2)19-16(4)13-15(3)14-17(19)5/h13-14,18H,6-12H2,1-5H3. The van der Waals surface area contributed by atoms with Gasteiger partial charge in [0.05, 0.1) is 0 Å². The molecule has 0 aliphatic carbocycles. The molecule has 0 heterocycles. The number of benzene rings is 1. The Morgan fingerprint density at radius 3 is 1.95 bits per heavy atom. The van der Waals surface area contributed by atoms with Gasteiger partial charge in [-0.1, -0.05) is 63.6 Å². The van der Waals surface area contributed by atoms with Crippen molar-refractivity contribution < 1.29 is 0 Å². The van der Waals surface area contributed by atoms with E-state index in [1.807, 2.05) is 0 Å². The normalized spacial score (nSPS) is 12.7. The first kappa shape index (κ1) is 16.3. The summed E-state index contributed by atoms with van der Waals surface area (Å²) in [5, 5.41) is 0. The summed E-state index contributed by atoms with van der Waals surface area (Å²) >= 11 is 0. The largest absolute Gasteiger partial charge is 0.0654 e. The van der Waals surface area contributed by atoms with Crippen LogP contribution in [0.2, 0.25) is 0 Å². The average Bonchev–Trinajstić information content (AvgIpc) is 2.33. The Hall–Kier alpha value is -0.780. The van der Waals surface area contributed by atoms with Crippen LogP contribution in [-0.4, -0.2) is 0 Å². The van der Waals surface area contributed by atoms with Crippen LogP contribution in [0.1, 0.15) is 87.0 Å². The van der Waals surface area contributed by atoms with Crippen LogP contribution >= 0.6 is 0 Å². The van der Waals surface area contributed by atoms with E-state index in [4.69, 9.17) is 0 Å². The lowest BCUT2D eigenvalue weighted by Crippen LogP contribution is -2.04. The molecule has 0 nitrogen and oxygen atoms in total. The van der Waals surface area contributed by atoms with Crippen LogP contribution in [0.3, 0.4) is 0 Å². The minimum atomic E-state index is 0.780. The molecule has 1 aromatic carbocycles. The minimum absolute atomic E-state index is 0.780. The number of rotatable bonds is 8. The molecule has 19 heavy (non-hydrogen) atoms. The van der Waals surface area contributed by atoms with Gasteiger partial charge in [-0.2, -0.15) is 0 Å². The fourth-order valence-electron chi connectivity index (χ4n) is 3.43. The maximum atomic E-state index is 2.36. The highest BCUT2D eigenvalue weighted by atomic mass is 14.2. The highest BCUT2D eigenvalue weighted by Crippen LogP contribution is 2.32. The van der Waals surface area contributed by atoms with Crippen molar-refractivity contribution in [3.05, 3.63) is 34.4 Å². The van der Waals surface area contributed by atoms with E-state index in [9.17, 15) is 0 Å². The van der Waals surface area contributed by atoms with Gasteiger partial charge < -0.3 is 0 Å². The zero-order chi connectivity index (χ0) is 14.3. The van der Waals surface area contributed by atoms with Crippen molar-refractivity contribution in [3.8, 4) is 0 Å². The third-order valence-corrected chi connectivity index (χ3v) is 4.19. The van der Waals surface area contributed by atoms with Gasteiger partial charge in [0.2, 0.25) is 0 Å². The third-order valence-electron chi connectivity index (χ3n) is 4.19. The topological polar surface area (TPSA) is 0 Å². The van der Waals surface area contributed by atoms with Gasteiger partial charge in [-0.3, -0.25) is 0 Å². The van der Waals surface area contributed by atoms with Crippen LogP contribution < -0.4 is 0 Å². The summed E-state index contributed by atoms with van der Waals surface area (Å²) in [4.78, 5) is 0. The number of unbranched alkanes of at least 4 members (excludes halogenated alkanes) is 3. The SMILES string of the molecule is CCCCCCC(CCC)c1c(C)cc(C)cc1C. The maximum Gasteiger partial charge on any atom is -0.0157 e. The molecule has 108 valence electrons. The maximum absolute atomic E-state index is 2.36. The number of hydrogen-bond acceptors (Lipinski definition) is 0. The molecule has 0 aromatic heterocycles. The highest BCUT2D eigenvalue weighted by molar-refractivity contribution is 5.39. The van der Waals surface area contributed by atoms with Gasteiger partial charge in [0.1, 0.15) is 0 Å². The lowest BCUT2D eigenvalue weighted by atomic mass is 9.83. The monoisotopic (exact) mass is 260 g/mol. The van der Waals surface area contributed by atoms with Gasteiger partial charge >= 0.3 is 0 Å². The molecule has 0 fully saturated rings. The molecule has 1 rings (SSSR count). The van der Waals surface area contributed by atoms with Crippen molar-refractivity contribution in [1.82, 2.24) is 0 Å². The average molecular weight is 260 g/mol. The molecule has 0 bridgehead atoms. The van der Waals surface area contributed by atoms with Gasteiger partial charge in [-0.25, -0.2) is 0 Å². The van der Waals surface area contributed by atoms with Crippen molar-refractivity contribution in [3.63, 3.8) is 0 Å². The second-order valence-electron chi connectivity index (χ2n) is 6.15. The van der Waals surface area contributed by atoms with Gasteiger partial charge in [-0.15, -0.1) is 0 Å². The first-order chi connectivity index (χ1) is 9.10. The summed E-state index contributed by atoms with van der Waals surface area (Å²) in [6.45, 7) is 11.4. The second-order valence-corrected chi connectivity index (χ2v) is 6.15. The highest BCUT2D eigenvalue weighted by Gasteiger charge is 2.15. The van der Waals surface area contributed by atoms with E-state index in [1.165, 1.54) is 61.6 Å². The van der Waals surface area contributed by atoms with Crippen LogP contribution in [0, 0.1) is 20.8 Å². The molecule has 1 aromatic rings. The molecule has 0 radical (unpaired) electrons. The van der Waals surface area contributed by atoms with Crippen LogP contribution in [0.25, 0.3) is 0 Å². The van der Waals surface area contributed by atoms with Crippen LogP contribution in [0.4, 0.5) is 0 Å². The lowest BCUT2D eigenvalue weighted by molar-refractivity contribution is 0.518. The van der Waals surface area contributed by atoms with Crippen molar-refractivity contribution in [2.24, 2.45) is 0 Å². The zero-order valence-corrected chi connectivity index (χ0v) is 13.7. The van der Waals surface area contributed by atoms with E-state index in [1.54, 1.807) is 5.56 Å². The van der Waals surface area contributed by atoms with Crippen molar-refractivity contribution >= 4 is 0 Å². The van der Waals surface area contributed by atoms with Crippen molar-refractivity contribution in [1.29, 1.82) is 0 Å². The van der Waals surface area contributed by atoms with E-state index in [0.717, 1.165) is 5.92 Å². The summed E-state index contributed by atoms with van der Waals surface area (Å²) in [5.74, 6) is 0.780. The van der Waals surface area contributed by atoms with Crippen LogP contribution in [0.15, 0.2) is 12.1 Å². The number of hydrogen-bond donors (Lipinski definition) is 0. The summed E-state index contributed by atoms with van der Waals surface area (Å²) in [6, 6.07) is 4.72. The molecular weight excluding hydrogens is 228 g/mol. The van der Waals surface area contributed by atoms with E-state index in [2.05, 4.69) is 46.8 Å². The molecule has 0 aliphatic heterocycles. The smallest absolute Gasteiger partial charge is 0.0157 e. The Kier molecular flexibility index (Phi) is 7.20. The van der Waals surface area contributed by atoms with Gasteiger partial charge in [-0.05, 0) is 56.2 Å². The van der Waals surface area contributed by atoms with E-state index in [0.29, 0.717) is 0 Å². The molecule has 1 unspecified atom stereocenters. The summed E-state index contributed by atoms with van der Waals surface area (Å²) in [7, 11) is 0. The lowest BCUT2D eigenvalue weighted by Gasteiger charge is -2.22. The first-order valence-corrected chi connectivity index (χ1v) is 8.17. The zero-order valence-electron chi connectivity index (χ0n) is 13.7. The quantitative estimate of drug-likeness (QED) is 0.470. The van der Waals surface area contributed by atoms with Crippen LogP contribution in [0.5, 0.6) is 0 Å². The fraction of sp³-hybridized carbons (Fsp3) is 0.684. The molecular formula is C19H32. The first-order valence-electron chi connectivity index (χ1n) is 8.17. The summed E-state index contributed by atoms with van der Waals surface area (Å²) in [5.41, 5.74) is 6.06.